The van der Waals surface area contributed by atoms with Crippen molar-refractivity contribution in [2.75, 3.05) is 21.3 Å². The second kappa shape index (κ2) is 9.35. The molecule has 0 spiro atoms. The lowest BCUT2D eigenvalue weighted by Gasteiger charge is -2.29. The molecule has 0 bridgehead atoms. The molecule has 1 aliphatic carbocycles. The Morgan fingerprint density at radius 1 is 0.969 bits per heavy atom. The Kier molecular flexibility index (Phi) is 6.35. The predicted molar refractivity (Wildman–Crippen MR) is 127 cm³/mol. The van der Waals surface area contributed by atoms with Crippen molar-refractivity contribution in [1.82, 2.24) is 4.90 Å². The van der Waals surface area contributed by atoms with E-state index in [-0.39, 0.29) is 18.0 Å². The van der Waals surface area contributed by atoms with Crippen LogP contribution in [0.3, 0.4) is 0 Å². The van der Waals surface area contributed by atoms with Crippen molar-refractivity contribution >= 4 is 22.8 Å². The van der Waals surface area contributed by atoms with Crippen molar-refractivity contribution in [2.45, 2.75) is 31.8 Å². The van der Waals surface area contributed by atoms with Gasteiger partial charge >= 0.3 is 0 Å². The molecule has 5 heteroatoms. The molecule has 0 aromatic heterocycles. The number of rotatable bonds is 8. The van der Waals surface area contributed by atoms with Gasteiger partial charge in [-0.2, -0.15) is 0 Å². The highest BCUT2D eigenvalue weighted by Gasteiger charge is 2.35. The molecule has 166 valence electrons. The Morgan fingerprint density at radius 2 is 1.62 bits per heavy atom. The monoisotopic (exact) mass is 431 g/mol. The summed E-state index contributed by atoms with van der Waals surface area (Å²) >= 11 is 0. The first-order chi connectivity index (χ1) is 15.6. The lowest BCUT2D eigenvalue weighted by atomic mass is 9.98. The molecule has 1 fully saturated rings. The fraction of sp³-hybridized carbons (Fsp3) is 0.296. The zero-order valence-corrected chi connectivity index (χ0v) is 19.0. The van der Waals surface area contributed by atoms with Gasteiger partial charge in [-0.1, -0.05) is 42.5 Å². The third kappa shape index (κ3) is 4.28. The summed E-state index contributed by atoms with van der Waals surface area (Å²) in [5.74, 6) is 1.65. The van der Waals surface area contributed by atoms with Crippen molar-refractivity contribution < 1.29 is 19.0 Å². The number of hydrogen-bond donors (Lipinski definition) is 0. The summed E-state index contributed by atoms with van der Waals surface area (Å²) in [7, 11) is 4.73. The first-order valence-electron chi connectivity index (χ1n) is 10.9. The molecule has 3 aromatic carbocycles. The zero-order valence-electron chi connectivity index (χ0n) is 19.0. The zero-order chi connectivity index (χ0) is 22.7. The lowest BCUT2D eigenvalue weighted by molar-refractivity contribution is -0.128. The minimum Gasteiger partial charge on any atom is -0.493 e. The second-order valence-corrected chi connectivity index (χ2v) is 8.01. The fourth-order valence-electron chi connectivity index (χ4n) is 4.26. The topological polar surface area (TPSA) is 48.0 Å². The summed E-state index contributed by atoms with van der Waals surface area (Å²) in [6.45, 7) is 2.12. The van der Waals surface area contributed by atoms with E-state index in [0.717, 1.165) is 18.4 Å². The van der Waals surface area contributed by atoms with E-state index in [1.807, 2.05) is 29.2 Å². The quantitative estimate of drug-likeness (QED) is 0.434. The number of methoxy groups -OCH3 is 3. The van der Waals surface area contributed by atoms with Crippen molar-refractivity contribution in [1.29, 1.82) is 0 Å². The van der Waals surface area contributed by atoms with Crippen LogP contribution in [0.2, 0.25) is 0 Å². The summed E-state index contributed by atoms with van der Waals surface area (Å²) in [4.78, 5) is 15.3. The normalized spacial score (nSPS) is 14.4. The number of carbonyl (C=O) groups excluding carboxylic acids is 1. The van der Waals surface area contributed by atoms with Crippen LogP contribution in [0.15, 0.2) is 60.7 Å². The summed E-state index contributed by atoms with van der Waals surface area (Å²) in [5, 5.41) is 2.38. The van der Waals surface area contributed by atoms with Crippen LogP contribution in [-0.2, 0) is 4.79 Å². The molecular weight excluding hydrogens is 402 g/mol. The molecule has 1 saturated carbocycles. The third-order valence-corrected chi connectivity index (χ3v) is 5.99. The summed E-state index contributed by atoms with van der Waals surface area (Å²) in [6, 6.07) is 18.6. The van der Waals surface area contributed by atoms with Gasteiger partial charge in [0.1, 0.15) is 0 Å². The molecule has 1 aliphatic rings. The SMILES string of the molecule is COc1cc(/C=C/C(=O)N(C2CC2)[C@@H](C)c2cccc3ccccc23)cc(OC)c1OC. The van der Waals surface area contributed by atoms with Crippen molar-refractivity contribution in [3.8, 4) is 17.2 Å². The van der Waals surface area contributed by atoms with E-state index in [1.165, 1.54) is 16.3 Å². The van der Waals surface area contributed by atoms with E-state index >= 15 is 0 Å². The summed E-state index contributed by atoms with van der Waals surface area (Å²) < 4.78 is 16.2. The van der Waals surface area contributed by atoms with Crippen molar-refractivity contribution in [3.05, 3.63) is 71.8 Å². The van der Waals surface area contributed by atoms with Crippen LogP contribution in [0.4, 0.5) is 0 Å². The molecule has 1 atom stereocenters. The molecule has 0 heterocycles. The van der Waals surface area contributed by atoms with Gasteiger partial charge in [-0.15, -0.1) is 0 Å². The van der Waals surface area contributed by atoms with E-state index in [9.17, 15) is 4.79 Å². The number of amides is 1. The summed E-state index contributed by atoms with van der Waals surface area (Å²) in [5.41, 5.74) is 1.98. The van der Waals surface area contributed by atoms with E-state index in [0.29, 0.717) is 17.2 Å². The smallest absolute Gasteiger partial charge is 0.247 e. The largest absolute Gasteiger partial charge is 0.493 e. The highest BCUT2D eigenvalue weighted by atomic mass is 16.5. The molecule has 32 heavy (non-hydrogen) atoms. The van der Waals surface area contributed by atoms with Gasteiger partial charge in [0, 0.05) is 12.1 Å². The number of benzene rings is 3. The molecule has 0 radical (unpaired) electrons. The molecular formula is C27H29NO4. The predicted octanol–water partition coefficient (Wildman–Crippen LogP) is 5.63. The first-order valence-corrected chi connectivity index (χ1v) is 10.9. The van der Waals surface area contributed by atoms with E-state index < -0.39 is 0 Å². The molecule has 5 nitrogen and oxygen atoms in total. The van der Waals surface area contributed by atoms with Gasteiger partial charge < -0.3 is 19.1 Å². The van der Waals surface area contributed by atoms with Gasteiger partial charge in [-0.05, 0) is 59.9 Å². The van der Waals surface area contributed by atoms with Crippen LogP contribution in [-0.4, -0.2) is 38.2 Å². The fourth-order valence-corrected chi connectivity index (χ4v) is 4.26. The number of fused-ring (bicyclic) bond motifs is 1. The molecule has 4 rings (SSSR count). The summed E-state index contributed by atoms with van der Waals surface area (Å²) in [6.07, 6.45) is 5.52. The number of carbonyl (C=O) groups is 1. The number of nitrogens with zero attached hydrogens (tertiary/aromatic N) is 1. The maximum Gasteiger partial charge on any atom is 0.247 e. The van der Waals surface area contributed by atoms with Crippen LogP contribution in [0.5, 0.6) is 17.2 Å². The first kappa shape index (κ1) is 21.8. The van der Waals surface area contributed by atoms with Gasteiger partial charge in [0.25, 0.3) is 0 Å². The third-order valence-electron chi connectivity index (χ3n) is 5.99. The Morgan fingerprint density at radius 3 is 2.25 bits per heavy atom. The van der Waals surface area contributed by atoms with Crippen LogP contribution in [0.25, 0.3) is 16.8 Å². The Bertz CT molecular complexity index is 1120. The van der Waals surface area contributed by atoms with Gasteiger partial charge in [0.2, 0.25) is 11.7 Å². The Hall–Kier alpha value is -3.47. The highest BCUT2D eigenvalue weighted by Crippen LogP contribution is 2.39. The van der Waals surface area contributed by atoms with Gasteiger partial charge in [-0.3, -0.25) is 4.79 Å². The van der Waals surface area contributed by atoms with Crippen LogP contribution < -0.4 is 14.2 Å². The highest BCUT2D eigenvalue weighted by molar-refractivity contribution is 5.93. The molecule has 1 amide bonds. The van der Waals surface area contributed by atoms with Crippen molar-refractivity contribution in [2.24, 2.45) is 0 Å². The second-order valence-electron chi connectivity index (χ2n) is 8.01. The molecule has 0 N–H and O–H groups in total. The number of ether oxygens (including phenoxy) is 3. The standard InChI is InChI=1S/C27H29NO4/c1-18(22-11-7-9-20-8-5-6-10-23(20)22)28(21-13-14-21)26(29)15-12-19-16-24(30-2)27(32-4)25(17-19)31-3/h5-12,15-18,21H,13-14H2,1-4H3/b15-12+/t18-/m0/s1. The van der Waals surface area contributed by atoms with Crippen molar-refractivity contribution in [3.63, 3.8) is 0 Å². The molecule has 0 saturated heterocycles. The maximum atomic E-state index is 13.3. The molecule has 3 aromatic rings. The maximum absolute atomic E-state index is 13.3. The molecule has 0 aliphatic heterocycles. The van der Waals surface area contributed by atoms with Gasteiger partial charge in [-0.25, -0.2) is 0 Å². The van der Waals surface area contributed by atoms with Gasteiger partial charge in [0.15, 0.2) is 11.5 Å². The Labute approximate surface area is 189 Å². The van der Waals surface area contributed by atoms with Gasteiger partial charge in [0.05, 0.1) is 27.4 Å². The minimum atomic E-state index is -0.0225. The van der Waals surface area contributed by atoms with E-state index in [4.69, 9.17) is 14.2 Å². The lowest BCUT2D eigenvalue weighted by Crippen LogP contribution is -2.34. The van der Waals surface area contributed by atoms with Crippen LogP contribution in [0.1, 0.15) is 36.9 Å². The average Bonchev–Trinajstić information content (AvgIpc) is 3.66. The van der Waals surface area contributed by atoms with E-state index in [1.54, 1.807) is 33.5 Å². The van der Waals surface area contributed by atoms with Crippen LogP contribution in [0, 0.1) is 0 Å². The average molecular weight is 432 g/mol. The van der Waals surface area contributed by atoms with Crippen LogP contribution >= 0.6 is 0 Å². The molecule has 0 unspecified atom stereocenters. The van der Waals surface area contributed by atoms with E-state index in [2.05, 4.69) is 37.3 Å². The minimum absolute atomic E-state index is 0.00156. The number of hydrogen-bond acceptors (Lipinski definition) is 4. The Balaban J connectivity index is 1.63.